The Morgan fingerprint density at radius 1 is 0.524 bits per heavy atom. The molecule has 0 saturated carbocycles. The molecule has 0 fully saturated rings. The van der Waals surface area contributed by atoms with Crippen molar-refractivity contribution in [1.82, 2.24) is 9.13 Å². The number of alkyl halides is 6. The minimum absolute atomic E-state index is 0.0518. The van der Waals surface area contributed by atoms with Crippen molar-refractivity contribution < 1.29 is 50.9 Å². The first-order chi connectivity index (χ1) is 30.1. The molecule has 0 saturated heterocycles. The van der Waals surface area contributed by atoms with Crippen LogP contribution in [0.1, 0.15) is 45.4 Å². The van der Waals surface area contributed by atoms with Crippen LogP contribution in [0, 0.1) is 0 Å². The van der Waals surface area contributed by atoms with Crippen molar-refractivity contribution in [1.29, 1.82) is 0 Å². The number of rotatable bonds is 13. The van der Waals surface area contributed by atoms with Crippen LogP contribution in [-0.4, -0.2) is 31.3 Å². The van der Waals surface area contributed by atoms with E-state index < -0.39 is 35.4 Å². The van der Waals surface area contributed by atoms with Gasteiger partial charge in [-0.1, -0.05) is 97.1 Å². The van der Waals surface area contributed by atoms with Crippen LogP contribution in [0.25, 0.3) is 32.9 Å². The van der Waals surface area contributed by atoms with Crippen LogP contribution >= 0.6 is 0 Å². The molecule has 0 atom stereocenters. The SMILES string of the molecule is O=C(O)CCc1cn(Cc2ccc(-c3ccc(C(F)(F)F)cc3)cc2)c2ccccc12.O=C(O)Cc1cn(Cc2cccc(OCc3ccc(C(F)(F)F)cc3)c2)c2ccccc12. The molecule has 2 N–H and O–H groups in total. The molecular weight excluding hydrogens is 823 g/mol. The van der Waals surface area contributed by atoms with Crippen LogP contribution in [-0.2, 0) is 54.5 Å². The fourth-order valence-electron chi connectivity index (χ4n) is 7.39. The second-order valence-electron chi connectivity index (χ2n) is 15.0. The maximum absolute atomic E-state index is 12.8. The summed E-state index contributed by atoms with van der Waals surface area (Å²) in [4.78, 5) is 22.2. The highest BCUT2D eigenvalue weighted by molar-refractivity contribution is 5.88. The molecule has 13 heteroatoms. The summed E-state index contributed by atoms with van der Waals surface area (Å²) in [7, 11) is 0. The monoisotopic (exact) mass is 862 g/mol. The van der Waals surface area contributed by atoms with Gasteiger partial charge in [0.25, 0.3) is 0 Å². The fourth-order valence-corrected chi connectivity index (χ4v) is 7.39. The summed E-state index contributed by atoms with van der Waals surface area (Å²) in [5.74, 6) is -1.10. The molecule has 7 nitrogen and oxygen atoms in total. The second kappa shape index (κ2) is 18.8. The number of ether oxygens (including phenoxy) is 1. The maximum atomic E-state index is 12.8. The molecule has 0 unspecified atom stereocenters. The molecule has 0 amide bonds. The van der Waals surface area contributed by atoms with Crippen molar-refractivity contribution in [3.8, 4) is 16.9 Å². The number of para-hydroxylation sites is 2. The van der Waals surface area contributed by atoms with Gasteiger partial charge in [-0.25, -0.2) is 0 Å². The van der Waals surface area contributed by atoms with E-state index >= 15 is 0 Å². The number of aromatic nitrogens is 2. The van der Waals surface area contributed by atoms with E-state index in [4.69, 9.17) is 9.84 Å². The Balaban J connectivity index is 0.000000189. The average molecular weight is 863 g/mol. The zero-order chi connectivity index (χ0) is 44.7. The highest BCUT2D eigenvalue weighted by atomic mass is 19.4. The molecule has 6 aromatic carbocycles. The number of carboxylic acids is 2. The third-order valence-electron chi connectivity index (χ3n) is 10.5. The number of fused-ring (bicyclic) bond motifs is 2. The summed E-state index contributed by atoms with van der Waals surface area (Å²) in [5, 5.41) is 20.1. The Hall–Kier alpha value is -7.28. The van der Waals surface area contributed by atoms with E-state index in [2.05, 4.69) is 4.57 Å². The fraction of sp³-hybridized carbons (Fsp3) is 0.160. The number of hydrogen-bond acceptors (Lipinski definition) is 3. The number of carboxylic acid groups (broad SMARTS) is 2. The topological polar surface area (TPSA) is 93.7 Å². The zero-order valence-corrected chi connectivity index (χ0v) is 33.5. The summed E-state index contributed by atoms with van der Waals surface area (Å²) < 4.78 is 86.2. The number of aliphatic carboxylic acids is 2. The third kappa shape index (κ3) is 11.2. The smallest absolute Gasteiger partial charge is 0.416 e. The molecule has 0 radical (unpaired) electrons. The van der Waals surface area contributed by atoms with Crippen molar-refractivity contribution in [2.24, 2.45) is 0 Å². The molecule has 0 aliphatic heterocycles. The first kappa shape index (κ1) is 43.8. The minimum Gasteiger partial charge on any atom is -0.489 e. The number of halogens is 6. The van der Waals surface area contributed by atoms with E-state index in [0.29, 0.717) is 30.8 Å². The molecule has 0 aliphatic carbocycles. The lowest BCUT2D eigenvalue weighted by atomic mass is 10.0. The van der Waals surface area contributed by atoms with Gasteiger partial charge in [0, 0.05) is 53.7 Å². The summed E-state index contributed by atoms with van der Waals surface area (Å²) in [6, 6.07) is 40.7. The van der Waals surface area contributed by atoms with Crippen molar-refractivity contribution in [2.45, 2.75) is 51.3 Å². The lowest BCUT2D eigenvalue weighted by Crippen LogP contribution is -2.05. The highest BCUT2D eigenvalue weighted by Crippen LogP contribution is 2.32. The van der Waals surface area contributed by atoms with Crippen LogP contribution in [0.3, 0.4) is 0 Å². The van der Waals surface area contributed by atoms with Crippen LogP contribution in [0.15, 0.2) is 158 Å². The Kier molecular flexibility index (Phi) is 13.0. The van der Waals surface area contributed by atoms with Crippen molar-refractivity contribution >= 4 is 33.7 Å². The number of aryl methyl sites for hydroxylation is 1. The summed E-state index contributed by atoms with van der Waals surface area (Å²) in [6.07, 6.45) is -4.35. The Labute approximate surface area is 358 Å². The van der Waals surface area contributed by atoms with Gasteiger partial charge in [0.05, 0.1) is 17.5 Å². The average Bonchev–Trinajstić information content (AvgIpc) is 3.78. The maximum Gasteiger partial charge on any atom is 0.416 e. The molecule has 0 bridgehead atoms. The Morgan fingerprint density at radius 3 is 1.57 bits per heavy atom. The number of nitrogens with zero attached hydrogens (tertiary/aromatic N) is 2. The molecule has 2 aromatic heterocycles. The van der Waals surface area contributed by atoms with Crippen LogP contribution < -0.4 is 4.74 Å². The molecule has 0 aliphatic rings. The van der Waals surface area contributed by atoms with Crippen LogP contribution in [0.2, 0.25) is 0 Å². The van der Waals surface area contributed by atoms with Gasteiger partial charge >= 0.3 is 24.3 Å². The first-order valence-corrected chi connectivity index (χ1v) is 19.8. The van der Waals surface area contributed by atoms with E-state index in [1.165, 1.54) is 24.3 Å². The van der Waals surface area contributed by atoms with Crippen molar-refractivity contribution in [2.75, 3.05) is 0 Å². The van der Waals surface area contributed by atoms with E-state index in [0.717, 1.165) is 79.5 Å². The van der Waals surface area contributed by atoms with E-state index in [-0.39, 0.29) is 19.4 Å². The van der Waals surface area contributed by atoms with Gasteiger partial charge in [-0.05, 0) is 93.9 Å². The van der Waals surface area contributed by atoms with Gasteiger partial charge < -0.3 is 24.1 Å². The predicted octanol–water partition coefficient (Wildman–Crippen LogP) is 12.3. The van der Waals surface area contributed by atoms with Gasteiger partial charge in [-0.15, -0.1) is 0 Å². The molecular formula is C50H40F6N2O5. The lowest BCUT2D eigenvalue weighted by molar-refractivity contribution is -0.138. The number of carbonyl (C=O) groups is 2. The Morgan fingerprint density at radius 2 is 1.02 bits per heavy atom. The first-order valence-electron chi connectivity index (χ1n) is 19.8. The third-order valence-corrected chi connectivity index (χ3v) is 10.5. The quantitative estimate of drug-likeness (QED) is 0.113. The Bertz CT molecular complexity index is 2840. The van der Waals surface area contributed by atoms with Gasteiger partial charge in [0.15, 0.2) is 0 Å². The van der Waals surface area contributed by atoms with Gasteiger partial charge in [0.2, 0.25) is 0 Å². The standard InChI is InChI=1S/C25H20F3NO3.C25H20F3NO2/c26-25(27,28)20-10-8-17(9-11-20)16-32-21-5-3-4-18(12-21)14-29-15-19(13-24(30)31)22-6-1-2-7-23(22)29;26-25(27,28)21-12-9-19(10-13-21)18-7-5-17(6-8-18)15-29-16-20(11-14-24(30)31)22-3-1-2-4-23(22)29/h1-12,15H,13-14,16H2,(H,30,31);1-10,12-13,16H,11,14-15H2,(H,30,31). The molecule has 2 heterocycles. The molecule has 8 aromatic rings. The summed E-state index contributed by atoms with van der Waals surface area (Å²) in [5.41, 5.74) is 6.59. The molecule has 8 rings (SSSR count). The van der Waals surface area contributed by atoms with Crippen molar-refractivity contribution in [3.05, 3.63) is 197 Å². The highest BCUT2D eigenvalue weighted by Gasteiger charge is 2.30. The summed E-state index contributed by atoms with van der Waals surface area (Å²) >= 11 is 0. The van der Waals surface area contributed by atoms with Gasteiger partial charge in [-0.3, -0.25) is 9.59 Å². The second-order valence-corrected chi connectivity index (χ2v) is 15.0. The molecule has 322 valence electrons. The van der Waals surface area contributed by atoms with E-state index in [1.807, 2.05) is 108 Å². The minimum atomic E-state index is -4.36. The predicted molar refractivity (Wildman–Crippen MR) is 228 cm³/mol. The molecule has 0 spiro atoms. The van der Waals surface area contributed by atoms with E-state index in [9.17, 15) is 41.0 Å². The van der Waals surface area contributed by atoms with Gasteiger partial charge in [0.1, 0.15) is 12.4 Å². The van der Waals surface area contributed by atoms with E-state index in [1.54, 1.807) is 6.07 Å². The van der Waals surface area contributed by atoms with Gasteiger partial charge in [-0.2, -0.15) is 26.3 Å². The summed E-state index contributed by atoms with van der Waals surface area (Å²) in [6.45, 7) is 1.29. The lowest BCUT2D eigenvalue weighted by Gasteiger charge is -2.11. The largest absolute Gasteiger partial charge is 0.489 e. The van der Waals surface area contributed by atoms with Crippen LogP contribution in [0.5, 0.6) is 5.75 Å². The molecule has 63 heavy (non-hydrogen) atoms. The van der Waals surface area contributed by atoms with Crippen LogP contribution in [0.4, 0.5) is 26.3 Å². The normalized spacial score (nSPS) is 11.7. The number of hydrogen-bond donors (Lipinski definition) is 2. The van der Waals surface area contributed by atoms with Crippen molar-refractivity contribution in [3.63, 3.8) is 0 Å². The number of benzene rings is 6. The zero-order valence-electron chi connectivity index (χ0n) is 33.5.